The number of rotatable bonds is 2. The maximum Gasteiger partial charge on any atom is 0.291 e. The average molecular weight is 241 g/mol. The molecule has 0 saturated carbocycles. The standard InChI is InChI=1S/C13H11N3O2/c1-8-2-5-12(18-8)13(17)15-10-3-4-11-9(6-10)7-14-16-11/h2-7H,1H3,(H,14,16)(H,15,17). The topological polar surface area (TPSA) is 70.9 Å². The Morgan fingerprint density at radius 1 is 1.33 bits per heavy atom. The highest BCUT2D eigenvalue weighted by molar-refractivity contribution is 6.03. The van der Waals surface area contributed by atoms with E-state index >= 15 is 0 Å². The van der Waals surface area contributed by atoms with Crippen LogP contribution in [-0.4, -0.2) is 16.1 Å². The highest BCUT2D eigenvalue weighted by atomic mass is 16.3. The molecule has 0 saturated heterocycles. The molecule has 5 nitrogen and oxygen atoms in total. The summed E-state index contributed by atoms with van der Waals surface area (Å²) in [7, 11) is 0. The van der Waals surface area contributed by atoms with Crippen LogP contribution in [0.4, 0.5) is 5.69 Å². The molecule has 0 fully saturated rings. The number of anilines is 1. The Bertz CT molecular complexity index is 712. The van der Waals surface area contributed by atoms with Crippen molar-refractivity contribution in [3.05, 3.63) is 48.0 Å². The van der Waals surface area contributed by atoms with E-state index in [1.54, 1.807) is 25.3 Å². The Morgan fingerprint density at radius 3 is 3.00 bits per heavy atom. The molecule has 2 N–H and O–H groups in total. The number of aromatic amines is 1. The normalized spacial score (nSPS) is 10.7. The number of H-pyrrole nitrogens is 1. The highest BCUT2D eigenvalue weighted by Gasteiger charge is 2.10. The second kappa shape index (κ2) is 4.03. The van der Waals surface area contributed by atoms with E-state index in [1.807, 2.05) is 18.2 Å². The van der Waals surface area contributed by atoms with Crippen molar-refractivity contribution in [3.63, 3.8) is 0 Å². The Morgan fingerprint density at radius 2 is 2.22 bits per heavy atom. The molecule has 0 unspecified atom stereocenters. The zero-order valence-electron chi connectivity index (χ0n) is 9.73. The van der Waals surface area contributed by atoms with Crippen LogP contribution in [0.5, 0.6) is 0 Å². The molecular weight excluding hydrogens is 230 g/mol. The van der Waals surface area contributed by atoms with E-state index < -0.39 is 0 Å². The van der Waals surface area contributed by atoms with Crippen molar-refractivity contribution in [1.82, 2.24) is 10.2 Å². The fourth-order valence-electron chi connectivity index (χ4n) is 1.77. The van der Waals surface area contributed by atoms with Crippen LogP contribution >= 0.6 is 0 Å². The van der Waals surface area contributed by atoms with Crippen LogP contribution in [0.1, 0.15) is 16.3 Å². The van der Waals surface area contributed by atoms with Gasteiger partial charge in [-0.05, 0) is 37.3 Å². The lowest BCUT2D eigenvalue weighted by atomic mass is 10.2. The minimum atomic E-state index is -0.258. The third kappa shape index (κ3) is 1.86. The molecule has 0 aliphatic heterocycles. The maximum atomic E-state index is 11.9. The first-order valence-electron chi connectivity index (χ1n) is 5.53. The van der Waals surface area contributed by atoms with Gasteiger partial charge >= 0.3 is 0 Å². The van der Waals surface area contributed by atoms with Gasteiger partial charge in [-0.2, -0.15) is 5.10 Å². The second-order valence-corrected chi connectivity index (χ2v) is 4.04. The lowest BCUT2D eigenvalue weighted by Crippen LogP contribution is -2.10. The van der Waals surface area contributed by atoms with Crippen molar-refractivity contribution in [2.45, 2.75) is 6.92 Å². The molecule has 0 aliphatic carbocycles. The molecule has 3 rings (SSSR count). The number of amides is 1. The Kier molecular flexibility index (Phi) is 2.37. The number of nitrogens with one attached hydrogen (secondary N) is 2. The lowest BCUT2D eigenvalue weighted by Gasteiger charge is -2.02. The number of aryl methyl sites for hydroxylation is 1. The van der Waals surface area contributed by atoms with Crippen LogP contribution in [-0.2, 0) is 0 Å². The number of hydrogen-bond acceptors (Lipinski definition) is 3. The van der Waals surface area contributed by atoms with E-state index in [2.05, 4.69) is 15.5 Å². The number of nitrogens with zero attached hydrogens (tertiary/aromatic N) is 1. The number of furan rings is 1. The molecule has 0 aliphatic rings. The van der Waals surface area contributed by atoms with Gasteiger partial charge in [-0.15, -0.1) is 0 Å². The van der Waals surface area contributed by atoms with Gasteiger partial charge in [0.1, 0.15) is 5.76 Å². The number of hydrogen-bond donors (Lipinski definition) is 2. The Labute approximate surface area is 103 Å². The van der Waals surface area contributed by atoms with Gasteiger partial charge in [0, 0.05) is 11.1 Å². The van der Waals surface area contributed by atoms with Crippen LogP contribution in [0.3, 0.4) is 0 Å². The van der Waals surface area contributed by atoms with Crippen LogP contribution in [0.15, 0.2) is 40.9 Å². The lowest BCUT2D eigenvalue weighted by molar-refractivity contribution is 0.0995. The predicted molar refractivity (Wildman–Crippen MR) is 67.5 cm³/mol. The Balaban J connectivity index is 1.85. The molecule has 2 heterocycles. The van der Waals surface area contributed by atoms with Crippen LogP contribution < -0.4 is 5.32 Å². The maximum absolute atomic E-state index is 11.9. The van der Waals surface area contributed by atoms with Crippen LogP contribution in [0.2, 0.25) is 0 Å². The van der Waals surface area contributed by atoms with Gasteiger partial charge in [-0.1, -0.05) is 0 Å². The van der Waals surface area contributed by atoms with Crippen LogP contribution in [0.25, 0.3) is 10.9 Å². The van der Waals surface area contributed by atoms with Gasteiger partial charge < -0.3 is 9.73 Å². The van der Waals surface area contributed by atoms with Crippen molar-refractivity contribution in [2.75, 3.05) is 5.32 Å². The molecule has 0 spiro atoms. The van der Waals surface area contributed by atoms with Crippen molar-refractivity contribution in [1.29, 1.82) is 0 Å². The summed E-state index contributed by atoms with van der Waals surface area (Å²) < 4.78 is 5.26. The van der Waals surface area contributed by atoms with Crippen molar-refractivity contribution in [2.24, 2.45) is 0 Å². The number of benzene rings is 1. The summed E-state index contributed by atoms with van der Waals surface area (Å²) in [4.78, 5) is 11.9. The van der Waals surface area contributed by atoms with E-state index in [1.165, 1.54) is 0 Å². The number of carbonyl (C=O) groups is 1. The summed E-state index contributed by atoms with van der Waals surface area (Å²) in [6.45, 7) is 1.80. The first-order chi connectivity index (χ1) is 8.72. The smallest absolute Gasteiger partial charge is 0.291 e. The van der Waals surface area contributed by atoms with E-state index in [4.69, 9.17) is 4.42 Å². The van der Waals surface area contributed by atoms with Crippen molar-refractivity contribution < 1.29 is 9.21 Å². The Hall–Kier alpha value is -2.56. The second-order valence-electron chi connectivity index (χ2n) is 4.04. The molecule has 1 amide bonds. The van der Waals surface area contributed by atoms with Gasteiger partial charge in [-0.25, -0.2) is 0 Å². The molecule has 18 heavy (non-hydrogen) atoms. The monoisotopic (exact) mass is 241 g/mol. The zero-order valence-corrected chi connectivity index (χ0v) is 9.73. The summed E-state index contributed by atoms with van der Waals surface area (Å²) in [6, 6.07) is 8.95. The van der Waals surface area contributed by atoms with Gasteiger partial charge in [-0.3, -0.25) is 9.89 Å². The summed E-state index contributed by atoms with van der Waals surface area (Å²) in [5, 5.41) is 10.5. The van der Waals surface area contributed by atoms with Crippen molar-refractivity contribution in [3.8, 4) is 0 Å². The number of carbonyl (C=O) groups excluding carboxylic acids is 1. The summed E-state index contributed by atoms with van der Waals surface area (Å²) >= 11 is 0. The van der Waals surface area contributed by atoms with Gasteiger partial charge in [0.05, 0.1) is 11.7 Å². The highest BCUT2D eigenvalue weighted by Crippen LogP contribution is 2.17. The van der Waals surface area contributed by atoms with Crippen LogP contribution in [0, 0.1) is 6.92 Å². The first-order valence-corrected chi connectivity index (χ1v) is 5.53. The van der Waals surface area contributed by atoms with Gasteiger partial charge in [0.2, 0.25) is 0 Å². The molecule has 90 valence electrons. The minimum absolute atomic E-state index is 0.258. The molecular formula is C13H11N3O2. The molecule has 0 radical (unpaired) electrons. The number of fused-ring (bicyclic) bond motifs is 1. The molecule has 0 atom stereocenters. The fraction of sp³-hybridized carbons (Fsp3) is 0.0769. The van der Waals surface area contributed by atoms with E-state index in [-0.39, 0.29) is 5.91 Å². The number of aromatic nitrogens is 2. The minimum Gasteiger partial charge on any atom is -0.456 e. The van der Waals surface area contributed by atoms with E-state index in [0.717, 1.165) is 10.9 Å². The fourth-order valence-corrected chi connectivity index (χ4v) is 1.77. The van der Waals surface area contributed by atoms with Crippen molar-refractivity contribution >= 4 is 22.5 Å². The molecule has 2 aromatic heterocycles. The molecule has 5 heteroatoms. The molecule has 3 aromatic rings. The third-order valence-corrected chi connectivity index (χ3v) is 2.66. The first kappa shape index (κ1) is 10.6. The largest absolute Gasteiger partial charge is 0.456 e. The quantitative estimate of drug-likeness (QED) is 0.724. The van der Waals surface area contributed by atoms with E-state index in [0.29, 0.717) is 17.2 Å². The van der Waals surface area contributed by atoms with E-state index in [9.17, 15) is 4.79 Å². The molecule has 0 bridgehead atoms. The summed E-state index contributed by atoms with van der Waals surface area (Å²) in [5.74, 6) is 0.760. The van der Waals surface area contributed by atoms with Gasteiger partial charge in [0.15, 0.2) is 5.76 Å². The SMILES string of the molecule is Cc1ccc(C(=O)Nc2ccc3[nH]ncc3c2)o1. The zero-order chi connectivity index (χ0) is 12.5. The summed E-state index contributed by atoms with van der Waals surface area (Å²) in [5.41, 5.74) is 1.64. The molecule has 1 aromatic carbocycles. The predicted octanol–water partition coefficient (Wildman–Crippen LogP) is 2.72. The summed E-state index contributed by atoms with van der Waals surface area (Å²) in [6.07, 6.45) is 1.71. The third-order valence-electron chi connectivity index (χ3n) is 2.66. The average Bonchev–Trinajstić information content (AvgIpc) is 2.96. The van der Waals surface area contributed by atoms with Gasteiger partial charge in [0.25, 0.3) is 5.91 Å².